The van der Waals surface area contributed by atoms with Crippen LogP contribution in [0.15, 0.2) is 55.5 Å². The summed E-state index contributed by atoms with van der Waals surface area (Å²) in [6.07, 6.45) is 0. The minimum absolute atomic E-state index is 0.182. The summed E-state index contributed by atoms with van der Waals surface area (Å²) >= 11 is 2.47. The second kappa shape index (κ2) is 12.9. The van der Waals surface area contributed by atoms with Gasteiger partial charge in [0.15, 0.2) is 11.8 Å². The molecule has 1 aromatic heterocycles. The maximum absolute atomic E-state index is 14.3. The van der Waals surface area contributed by atoms with E-state index in [4.69, 9.17) is 23.7 Å². The Hall–Kier alpha value is -4.48. The first-order valence-electron chi connectivity index (χ1n) is 13.9. The number of nitrogens with zero attached hydrogens (tertiary/aromatic N) is 2. The number of ether oxygens (including phenoxy) is 5. The van der Waals surface area contributed by atoms with Crippen molar-refractivity contribution in [3.05, 3.63) is 61.1 Å². The molecule has 1 aromatic carbocycles. The van der Waals surface area contributed by atoms with Gasteiger partial charge < -0.3 is 33.9 Å². The number of fused-ring (bicyclic) bond motifs is 3. The fourth-order valence-corrected chi connectivity index (χ4v) is 10.8. The highest BCUT2D eigenvalue weighted by Gasteiger charge is 2.62. The highest BCUT2D eigenvalue weighted by Crippen LogP contribution is 2.71. The molecule has 3 aliphatic rings. The first-order valence-corrected chi connectivity index (χ1v) is 16.4. The lowest BCUT2D eigenvalue weighted by atomic mass is 9.83. The smallest absolute Gasteiger partial charge is 0.345 e. The van der Waals surface area contributed by atoms with E-state index in [1.165, 1.54) is 24.1 Å². The number of amides is 1. The number of para-hydroxylation sites is 1. The normalized spacial score (nSPS) is 17.5. The molecular formula is C31H30N2O12S3. The number of hydrogen-bond donors (Lipinski definition) is 2. The van der Waals surface area contributed by atoms with Crippen molar-refractivity contribution in [1.29, 1.82) is 0 Å². The maximum atomic E-state index is 14.3. The van der Waals surface area contributed by atoms with E-state index in [1.54, 1.807) is 32.0 Å². The molecule has 0 unspecified atom stereocenters. The number of aromatic nitrogens is 1. The maximum Gasteiger partial charge on any atom is 0.345 e. The molecular weight excluding hydrogens is 689 g/mol. The average molecular weight is 719 g/mol. The van der Waals surface area contributed by atoms with E-state index in [-0.39, 0.29) is 43.5 Å². The monoisotopic (exact) mass is 718 g/mol. The van der Waals surface area contributed by atoms with Crippen LogP contribution in [0.2, 0.25) is 0 Å². The Labute approximate surface area is 287 Å². The topological polar surface area (TPSA) is 180 Å². The van der Waals surface area contributed by atoms with E-state index in [0.29, 0.717) is 16.0 Å². The highest BCUT2D eigenvalue weighted by atomic mass is 32.2. The van der Waals surface area contributed by atoms with Crippen LogP contribution in [0, 0.1) is 0 Å². The molecule has 17 heteroatoms. The van der Waals surface area contributed by atoms with Crippen molar-refractivity contribution in [3.63, 3.8) is 0 Å². The molecule has 14 nitrogen and oxygen atoms in total. The molecule has 1 amide bonds. The van der Waals surface area contributed by atoms with Gasteiger partial charge in [-0.3, -0.25) is 14.3 Å². The van der Waals surface area contributed by atoms with Crippen molar-refractivity contribution in [2.75, 3.05) is 40.4 Å². The van der Waals surface area contributed by atoms with Crippen molar-refractivity contribution < 1.29 is 57.9 Å². The predicted molar refractivity (Wildman–Crippen MR) is 177 cm³/mol. The van der Waals surface area contributed by atoms with Gasteiger partial charge in [0.1, 0.15) is 31.1 Å². The van der Waals surface area contributed by atoms with Crippen LogP contribution in [0.1, 0.15) is 19.4 Å². The second-order valence-electron chi connectivity index (χ2n) is 10.7. The van der Waals surface area contributed by atoms with Crippen LogP contribution in [-0.4, -0.2) is 89.7 Å². The fraction of sp³-hybridized carbons (Fsp3) is 0.323. The summed E-state index contributed by atoms with van der Waals surface area (Å²) in [5.41, 5.74) is -0.608. The highest BCUT2D eigenvalue weighted by molar-refractivity contribution is 8.26. The molecule has 0 fully saturated rings. The van der Waals surface area contributed by atoms with E-state index in [1.807, 2.05) is 0 Å². The van der Waals surface area contributed by atoms with Gasteiger partial charge in [-0.2, -0.15) is 0 Å². The SMILES string of the molecule is COC(=O)C1=C(C(=O)OC)SC2(S1)C(C(=O)OC)=C(C(=O)OC)SC1=C2c2cccc(OC)c2N(C(=O)Cn2c(O)ccc2O)C1(C)C. The molecule has 254 valence electrons. The van der Waals surface area contributed by atoms with E-state index in [0.717, 1.165) is 68.3 Å². The summed E-state index contributed by atoms with van der Waals surface area (Å²) in [5, 5.41) is 20.7. The van der Waals surface area contributed by atoms with Gasteiger partial charge in [0.25, 0.3) is 0 Å². The molecule has 48 heavy (non-hydrogen) atoms. The molecule has 0 aliphatic carbocycles. The number of benzene rings is 1. The summed E-state index contributed by atoms with van der Waals surface area (Å²) in [6.45, 7) is 2.90. The number of hydrogen-bond acceptors (Lipinski definition) is 15. The molecule has 0 radical (unpaired) electrons. The van der Waals surface area contributed by atoms with Crippen molar-refractivity contribution in [1.82, 2.24) is 4.57 Å². The number of carbonyl (C=O) groups excluding carboxylic acids is 5. The summed E-state index contributed by atoms with van der Waals surface area (Å²) in [4.78, 5) is 69.2. The first kappa shape index (κ1) is 34.8. The van der Waals surface area contributed by atoms with Crippen LogP contribution in [0.5, 0.6) is 17.5 Å². The summed E-state index contributed by atoms with van der Waals surface area (Å²) < 4.78 is 25.3. The Morgan fingerprint density at radius 3 is 1.77 bits per heavy atom. The molecule has 0 saturated carbocycles. The summed E-state index contributed by atoms with van der Waals surface area (Å²) in [6, 6.07) is 7.42. The Bertz CT molecular complexity index is 1830. The lowest BCUT2D eigenvalue weighted by molar-refractivity contribution is -0.138. The third kappa shape index (κ3) is 5.20. The van der Waals surface area contributed by atoms with Crippen LogP contribution in [0.25, 0.3) is 5.57 Å². The Balaban J connectivity index is 1.88. The quantitative estimate of drug-likeness (QED) is 0.313. The predicted octanol–water partition coefficient (Wildman–Crippen LogP) is 3.53. The van der Waals surface area contributed by atoms with Gasteiger partial charge in [0.2, 0.25) is 5.91 Å². The fourth-order valence-electron chi connectivity index (χ4n) is 5.73. The van der Waals surface area contributed by atoms with E-state index in [2.05, 4.69) is 0 Å². The molecule has 3 aliphatic heterocycles. The zero-order valence-corrected chi connectivity index (χ0v) is 29.1. The van der Waals surface area contributed by atoms with Crippen LogP contribution in [0.3, 0.4) is 0 Å². The minimum atomic E-state index is -1.77. The number of thioether (sulfide) groups is 3. The van der Waals surface area contributed by atoms with Crippen molar-refractivity contribution >= 4 is 76.3 Å². The summed E-state index contributed by atoms with van der Waals surface area (Å²) in [5.74, 6) is -4.68. The number of carbonyl (C=O) groups is 5. The minimum Gasteiger partial charge on any atom is -0.495 e. The third-order valence-corrected chi connectivity index (χ3v) is 12.5. The van der Waals surface area contributed by atoms with Crippen LogP contribution in [0.4, 0.5) is 5.69 Å². The lowest BCUT2D eigenvalue weighted by Gasteiger charge is -2.51. The molecule has 4 heterocycles. The van der Waals surface area contributed by atoms with Gasteiger partial charge in [-0.05, 0) is 19.9 Å². The molecule has 5 rings (SSSR count). The van der Waals surface area contributed by atoms with Crippen LogP contribution >= 0.6 is 35.3 Å². The first-order chi connectivity index (χ1) is 22.7. The van der Waals surface area contributed by atoms with Gasteiger partial charge in [-0.15, -0.1) is 0 Å². The van der Waals surface area contributed by atoms with Crippen molar-refractivity contribution in [2.24, 2.45) is 0 Å². The molecule has 2 aromatic rings. The average Bonchev–Trinajstić information content (AvgIpc) is 3.62. The molecule has 1 spiro atoms. The van der Waals surface area contributed by atoms with Gasteiger partial charge >= 0.3 is 23.9 Å². The van der Waals surface area contributed by atoms with E-state index < -0.39 is 45.9 Å². The lowest BCUT2D eigenvalue weighted by Crippen LogP contribution is -2.54. The van der Waals surface area contributed by atoms with E-state index in [9.17, 15) is 34.2 Å². The van der Waals surface area contributed by atoms with Gasteiger partial charge in [-0.25, -0.2) is 19.2 Å². The largest absolute Gasteiger partial charge is 0.495 e. The number of esters is 4. The Kier molecular flexibility index (Phi) is 9.33. The van der Waals surface area contributed by atoms with E-state index >= 15 is 0 Å². The van der Waals surface area contributed by atoms with Crippen molar-refractivity contribution in [2.45, 2.75) is 30.0 Å². The Morgan fingerprint density at radius 2 is 1.27 bits per heavy atom. The molecule has 0 saturated heterocycles. The second-order valence-corrected chi connectivity index (χ2v) is 14.5. The number of rotatable bonds is 7. The van der Waals surface area contributed by atoms with Crippen molar-refractivity contribution in [3.8, 4) is 17.5 Å². The van der Waals surface area contributed by atoms with Crippen LogP contribution in [-0.2, 0) is 49.5 Å². The number of methoxy groups -OCH3 is 5. The molecule has 0 atom stereocenters. The van der Waals surface area contributed by atoms with Gasteiger partial charge in [-0.1, -0.05) is 47.4 Å². The number of aromatic hydroxyl groups is 2. The molecule has 2 N–H and O–H groups in total. The molecule has 0 bridgehead atoms. The van der Waals surface area contributed by atoms with Gasteiger partial charge in [0.05, 0.1) is 52.3 Å². The zero-order valence-electron chi connectivity index (χ0n) is 26.7. The van der Waals surface area contributed by atoms with Crippen LogP contribution < -0.4 is 9.64 Å². The number of anilines is 1. The zero-order chi connectivity index (χ0) is 35.3. The third-order valence-electron chi connectivity index (χ3n) is 7.82. The standard InChI is InChI=1S/C31H30N2O12S3/c1-30(2)25-19(14-9-8-10-15(41-3)21(14)33(30)18(36)13-32-16(34)11-12-17(32)35)31(20(26(37)42-4)22(46-25)27(38)43-5)47-23(28(39)44-6)24(48-31)29(40)45-7/h8-12,34-35H,13H2,1-7H3. The Morgan fingerprint density at radius 1 is 0.750 bits per heavy atom. The summed E-state index contributed by atoms with van der Waals surface area (Å²) in [7, 11) is 5.93. The van der Waals surface area contributed by atoms with Gasteiger partial charge in [0, 0.05) is 28.2 Å².